The molecular formula is C21H20FNO5. The van der Waals surface area contributed by atoms with Gasteiger partial charge in [0.25, 0.3) is 0 Å². The van der Waals surface area contributed by atoms with Crippen LogP contribution in [0.15, 0.2) is 48.5 Å². The second-order valence-electron chi connectivity index (χ2n) is 7.11. The van der Waals surface area contributed by atoms with Crippen LogP contribution in [0.5, 0.6) is 11.5 Å². The van der Waals surface area contributed by atoms with Crippen LogP contribution in [0.25, 0.3) is 10.9 Å². The molecule has 1 aromatic heterocycles. The van der Waals surface area contributed by atoms with Gasteiger partial charge in [0, 0.05) is 11.5 Å². The maximum absolute atomic E-state index is 13.1. The number of benzene rings is 2. The third-order valence-electron chi connectivity index (χ3n) is 3.80. The Bertz CT molecular complexity index is 1030. The molecular weight excluding hydrogens is 365 g/mol. The van der Waals surface area contributed by atoms with Crippen LogP contribution in [0.3, 0.4) is 0 Å². The number of aromatic nitrogens is 1. The van der Waals surface area contributed by atoms with Gasteiger partial charge in [-0.15, -0.1) is 0 Å². The molecule has 0 amide bonds. The van der Waals surface area contributed by atoms with Crippen LogP contribution in [-0.4, -0.2) is 29.3 Å². The molecule has 0 N–H and O–H groups in total. The summed E-state index contributed by atoms with van der Waals surface area (Å²) in [6.45, 7) is 5.20. The van der Waals surface area contributed by atoms with E-state index in [9.17, 15) is 14.0 Å². The molecule has 6 nitrogen and oxygen atoms in total. The SMILES string of the molecule is COC(=O)c1cc2ccc(Oc3ccc(F)cc3)cc2n1C(=O)OC(C)(C)C. The Morgan fingerprint density at radius 2 is 1.61 bits per heavy atom. The van der Waals surface area contributed by atoms with Crippen molar-refractivity contribution < 1.29 is 28.2 Å². The van der Waals surface area contributed by atoms with Crippen LogP contribution in [0.4, 0.5) is 9.18 Å². The van der Waals surface area contributed by atoms with E-state index in [-0.39, 0.29) is 11.5 Å². The van der Waals surface area contributed by atoms with E-state index in [1.54, 1.807) is 45.0 Å². The third kappa shape index (κ3) is 4.14. The predicted molar refractivity (Wildman–Crippen MR) is 101 cm³/mol. The number of carbonyl (C=O) groups excluding carboxylic acids is 2. The van der Waals surface area contributed by atoms with Crippen molar-refractivity contribution in [2.45, 2.75) is 26.4 Å². The molecule has 0 spiro atoms. The Morgan fingerprint density at radius 3 is 2.21 bits per heavy atom. The smallest absolute Gasteiger partial charge is 0.419 e. The average molecular weight is 385 g/mol. The van der Waals surface area contributed by atoms with Crippen molar-refractivity contribution in [1.29, 1.82) is 0 Å². The van der Waals surface area contributed by atoms with Crippen molar-refractivity contribution in [1.82, 2.24) is 4.57 Å². The van der Waals surface area contributed by atoms with Crippen molar-refractivity contribution in [3.63, 3.8) is 0 Å². The largest absolute Gasteiger partial charge is 0.464 e. The fourth-order valence-corrected chi connectivity index (χ4v) is 2.64. The first kappa shape index (κ1) is 19.4. The summed E-state index contributed by atoms with van der Waals surface area (Å²) >= 11 is 0. The summed E-state index contributed by atoms with van der Waals surface area (Å²) in [6.07, 6.45) is -0.707. The minimum atomic E-state index is -0.747. The Labute approximate surface area is 161 Å². The van der Waals surface area contributed by atoms with E-state index in [1.165, 1.54) is 31.4 Å². The summed E-state index contributed by atoms with van der Waals surface area (Å²) in [5.41, 5.74) is -0.275. The van der Waals surface area contributed by atoms with Crippen molar-refractivity contribution >= 4 is 23.0 Å². The first-order valence-electron chi connectivity index (χ1n) is 8.58. The number of carbonyl (C=O) groups is 2. The highest BCUT2D eigenvalue weighted by atomic mass is 19.1. The molecule has 146 valence electrons. The Balaban J connectivity index is 2.07. The molecule has 7 heteroatoms. The van der Waals surface area contributed by atoms with E-state index in [0.29, 0.717) is 22.4 Å². The van der Waals surface area contributed by atoms with E-state index >= 15 is 0 Å². The molecule has 0 unspecified atom stereocenters. The standard InChI is InChI=1S/C21H20FNO5/c1-21(2,3)28-20(25)23-17-12-16(27-15-9-6-14(22)7-10-15)8-5-13(17)11-18(23)19(24)26-4/h5-12H,1-4H3. The molecule has 28 heavy (non-hydrogen) atoms. The molecule has 0 aliphatic carbocycles. The molecule has 0 fully saturated rings. The highest BCUT2D eigenvalue weighted by Crippen LogP contribution is 2.29. The highest BCUT2D eigenvalue weighted by Gasteiger charge is 2.25. The van der Waals surface area contributed by atoms with Gasteiger partial charge in [0.05, 0.1) is 12.6 Å². The van der Waals surface area contributed by atoms with Crippen LogP contribution >= 0.6 is 0 Å². The molecule has 0 radical (unpaired) electrons. The summed E-state index contributed by atoms with van der Waals surface area (Å²) in [6, 6.07) is 12.1. The van der Waals surface area contributed by atoms with E-state index in [2.05, 4.69) is 0 Å². The summed E-state index contributed by atoms with van der Waals surface area (Å²) < 4.78 is 30.2. The zero-order valence-electron chi connectivity index (χ0n) is 16.0. The van der Waals surface area contributed by atoms with Crippen molar-refractivity contribution in [2.75, 3.05) is 7.11 Å². The highest BCUT2D eigenvalue weighted by molar-refractivity contribution is 6.01. The lowest BCUT2D eigenvalue weighted by Crippen LogP contribution is -2.29. The zero-order valence-corrected chi connectivity index (χ0v) is 16.0. The van der Waals surface area contributed by atoms with Gasteiger partial charge in [0.15, 0.2) is 0 Å². The zero-order chi connectivity index (χ0) is 20.5. The predicted octanol–water partition coefficient (Wildman–Crippen LogP) is 5.14. The molecule has 1 heterocycles. The number of halogens is 1. The van der Waals surface area contributed by atoms with Crippen molar-refractivity contribution in [2.24, 2.45) is 0 Å². The van der Waals surface area contributed by atoms with Crippen LogP contribution in [0.2, 0.25) is 0 Å². The minimum absolute atomic E-state index is 0.0469. The number of nitrogens with zero attached hydrogens (tertiary/aromatic N) is 1. The first-order valence-corrected chi connectivity index (χ1v) is 8.58. The number of methoxy groups -OCH3 is 1. The fraction of sp³-hybridized carbons (Fsp3) is 0.238. The van der Waals surface area contributed by atoms with Crippen LogP contribution < -0.4 is 4.74 Å². The normalized spacial score (nSPS) is 11.3. The quantitative estimate of drug-likeness (QED) is 0.584. The number of fused-ring (bicyclic) bond motifs is 1. The summed E-state index contributed by atoms with van der Waals surface area (Å²) in [4.78, 5) is 24.9. The molecule has 2 aromatic carbocycles. The Morgan fingerprint density at radius 1 is 0.964 bits per heavy atom. The van der Waals surface area contributed by atoms with Gasteiger partial charge >= 0.3 is 12.1 Å². The third-order valence-corrected chi connectivity index (χ3v) is 3.80. The lowest BCUT2D eigenvalue weighted by Gasteiger charge is -2.20. The molecule has 3 aromatic rings. The summed E-state index contributed by atoms with van der Waals surface area (Å²) in [5.74, 6) is -0.185. The van der Waals surface area contributed by atoms with Gasteiger partial charge in [-0.1, -0.05) is 0 Å². The van der Waals surface area contributed by atoms with E-state index in [0.717, 1.165) is 4.57 Å². The molecule has 3 rings (SSSR count). The topological polar surface area (TPSA) is 66.8 Å². The van der Waals surface area contributed by atoms with Crippen LogP contribution in [-0.2, 0) is 9.47 Å². The van der Waals surface area contributed by atoms with Crippen molar-refractivity contribution in [3.05, 3.63) is 60.0 Å². The number of hydrogen-bond acceptors (Lipinski definition) is 5. The average Bonchev–Trinajstić information content (AvgIpc) is 3.00. The lowest BCUT2D eigenvalue weighted by molar-refractivity contribution is 0.0489. The van der Waals surface area contributed by atoms with E-state index < -0.39 is 17.7 Å². The van der Waals surface area contributed by atoms with Gasteiger partial charge in [-0.05, 0) is 63.2 Å². The number of rotatable bonds is 3. The number of ether oxygens (including phenoxy) is 3. The fourth-order valence-electron chi connectivity index (χ4n) is 2.64. The molecule has 0 atom stereocenters. The van der Waals surface area contributed by atoms with Crippen molar-refractivity contribution in [3.8, 4) is 11.5 Å². The minimum Gasteiger partial charge on any atom is -0.464 e. The Kier molecular flexibility index (Phi) is 5.09. The van der Waals surface area contributed by atoms with Gasteiger partial charge in [-0.3, -0.25) is 0 Å². The van der Waals surface area contributed by atoms with Gasteiger partial charge in [-0.25, -0.2) is 18.5 Å². The molecule has 0 aliphatic rings. The van der Waals surface area contributed by atoms with E-state index in [4.69, 9.17) is 14.2 Å². The van der Waals surface area contributed by atoms with Crippen LogP contribution in [0.1, 0.15) is 31.3 Å². The summed E-state index contributed by atoms with van der Waals surface area (Å²) in [5, 5.41) is 0.637. The van der Waals surface area contributed by atoms with E-state index in [1.807, 2.05) is 0 Å². The molecule has 0 aliphatic heterocycles. The van der Waals surface area contributed by atoms with Gasteiger partial charge in [0.1, 0.15) is 28.6 Å². The van der Waals surface area contributed by atoms with Gasteiger partial charge < -0.3 is 14.2 Å². The number of hydrogen-bond donors (Lipinski definition) is 0. The van der Waals surface area contributed by atoms with Crippen LogP contribution in [0, 0.1) is 5.82 Å². The van der Waals surface area contributed by atoms with Gasteiger partial charge in [-0.2, -0.15) is 0 Å². The maximum atomic E-state index is 13.1. The maximum Gasteiger partial charge on any atom is 0.419 e. The molecule has 0 bridgehead atoms. The molecule has 0 saturated heterocycles. The second-order valence-corrected chi connectivity index (χ2v) is 7.11. The first-order chi connectivity index (χ1) is 13.2. The monoisotopic (exact) mass is 385 g/mol. The number of esters is 1. The Hall–Kier alpha value is -3.35. The van der Waals surface area contributed by atoms with Gasteiger partial charge in [0.2, 0.25) is 0 Å². The second kappa shape index (κ2) is 7.34. The molecule has 0 saturated carbocycles. The lowest BCUT2D eigenvalue weighted by atomic mass is 10.2. The summed E-state index contributed by atoms with van der Waals surface area (Å²) in [7, 11) is 1.24.